The average Bonchev–Trinajstić information content (AvgIpc) is 2.52. The number of rotatable bonds is 1. The van der Waals surface area contributed by atoms with Gasteiger partial charge in [0, 0.05) is 11.3 Å². The van der Waals surface area contributed by atoms with Crippen molar-refractivity contribution in [3.8, 4) is 0 Å². The summed E-state index contributed by atoms with van der Waals surface area (Å²) in [5.41, 5.74) is 4.39. The van der Waals surface area contributed by atoms with E-state index in [1.807, 2.05) is 13.0 Å². The molecular weight excluding hydrogens is 186 g/mol. The number of allylic oxidation sites excluding steroid dienone is 2. The monoisotopic (exact) mass is 199 g/mol. The summed E-state index contributed by atoms with van der Waals surface area (Å²) in [6.45, 7) is 6.19. The number of aryl methyl sites for hydroxylation is 1. The van der Waals surface area contributed by atoms with Crippen molar-refractivity contribution in [2.75, 3.05) is 0 Å². The van der Waals surface area contributed by atoms with Crippen LogP contribution in [-0.2, 0) is 4.79 Å². The van der Waals surface area contributed by atoms with Crippen LogP contribution in [0.15, 0.2) is 28.9 Å². The van der Waals surface area contributed by atoms with Gasteiger partial charge in [-0.25, -0.2) is 4.99 Å². The van der Waals surface area contributed by atoms with Crippen LogP contribution in [0.2, 0.25) is 0 Å². The number of hydrogen-bond donors (Lipinski definition) is 0. The van der Waals surface area contributed by atoms with Crippen molar-refractivity contribution in [1.29, 1.82) is 0 Å². The molecular formula is C13H13NO. The lowest BCUT2D eigenvalue weighted by Crippen LogP contribution is -2.26. The first-order valence-corrected chi connectivity index (χ1v) is 4.97. The maximum Gasteiger partial charge on any atom is 0.144 e. The van der Waals surface area contributed by atoms with Gasteiger partial charge in [-0.2, -0.15) is 0 Å². The molecule has 1 aliphatic heterocycles. The Bertz CT molecular complexity index is 579. The molecule has 1 aromatic rings. The molecule has 0 N–H and O–H groups in total. The standard InChI is InChI=1S/C13H13NO/c1-8-4-5-12-13(9(8)2)10(3)11(14-12)6-7-15/h4-7H,1-3H3. The summed E-state index contributed by atoms with van der Waals surface area (Å²) >= 11 is 0. The fourth-order valence-corrected chi connectivity index (χ4v) is 1.94. The van der Waals surface area contributed by atoms with Gasteiger partial charge < -0.3 is 0 Å². The number of hydrogen-bond acceptors (Lipinski definition) is 2. The summed E-state index contributed by atoms with van der Waals surface area (Å²) in [6, 6.07) is 4.07. The summed E-state index contributed by atoms with van der Waals surface area (Å²) in [5, 5.41) is 2.16. The first kappa shape index (κ1) is 9.84. The Labute approximate surface area is 88.7 Å². The number of carbonyl (C=O) groups excluding carboxylic acids is 1. The lowest BCUT2D eigenvalue weighted by atomic mass is 10.0. The molecule has 0 atom stereocenters. The van der Waals surface area contributed by atoms with Crippen LogP contribution in [0.1, 0.15) is 18.1 Å². The topological polar surface area (TPSA) is 29.4 Å². The smallest absolute Gasteiger partial charge is 0.144 e. The van der Waals surface area contributed by atoms with E-state index in [1.54, 1.807) is 0 Å². The average molecular weight is 199 g/mol. The van der Waals surface area contributed by atoms with Gasteiger partial charge in [-0.15, -0.1) is 0 Å². The minimum Gasteiger partial charge on any atom is -0.298 e. The predicted octanol–water partition coefficient (Wildman–Crippen LogP) is 1.19. The van der Waals surface area contributed by atoms with E-state index in [2.05, 4.69) is 24.9 Å². The molecule has 0 saturated carbocycles. The molecule has 15 heavy (non-hydrogen) atoms. The molecule has 0 amide bonds. The van der Waals surface area contributed by atoms with Gasteiger partial charge in [-0.3, -0.25) is 4.79 Å². The Morgan fingerprint density at radius 3 is 2.60 bits per heavy atom. The lowest BCUT2D eigenvalue weighted by molar-refractivity contribution is -0.104. The lowest BCUT2D eigenvalue weighted by Gasteiger charge is -1.99. The zero-order valence-electron chi connectivity index (χ0n) is 9.16. The molecule has 2 heteroatoms. The number of nitrogens with zero attached hydrogens (tertiary/aromatic N) is 1. The van der Waals surface area contributed by atoms with Crippen LogP contribution in [0.4, 0.5) is 0 Å². The quantitative estimate of drug-likeness (QED) is 0.493. The molecule has 0 aliphatic carbocycles. The summed E-state index contributed by atoms with van der Waals surface area (Å²) < 4.78 is 0. The SMILES string of the molecule is CC1=c2c(C)c(C)ccc2=NC1=CC=O. The highest BCUT2D eigenvalue weighted by Gasteiger charge is 2.10. The van der Waals surface area contributed by atoms with Gasteiger partial charge in [0.25, 0.3) is 0 Å². The van der Waals surface area contributed by atoms with E-state index >= 15 is 0 Å². The van der Waals surface area contributed by atoms with E-state index < -0.39 is 0 Å². The second-order valence-corrected chi connectivity index (χ2v) is 3.83. The Kier molecular flexibility index (Phi) is 2.27. The van der Waals surface area contributed by atoms with Crippen LogP contribution < -0.4 is 10.6 Å². The molecule has 1 aliphatic rings. The number of carbonyl (C=O) groups is 1. The van der Waals surface area contributed by atoms with Gasteiger partial charge in [0.2, 0.25) is 0 Å². The molecule has 2 rings (SSSR count). The van der Waals surface area contributed by atoms with Gasteiger partial charge in [0.15, 0.2) is 0 Å². The third-order valence-corrected chi connectivity index (χ3v) is 2.94. The van der Waals surface area contributed by atoms with Crippen molar-refractivity contribution in [1.82, 2.24) is 0 Å². The van der Waals surface area contributed by atoms with Crippen LogP contribution in [0.25, 0.3) is 5.57 Å². The second-order valence-electron chi connectivity index (χ2n) is 3.83. The van der Waals surface area contributed by atoms with Crippen molar-refractivity contribution in [3.63, 3.8) is 0 Å². The first-order valence-electron chi connectivity index (χ1n) is 4.97. The van der Waals surface area contributed by atoms with Crippen LogP contribution in [0, 0.1) is 13.8 Å². The highest BCUT2D eigenvalue weighted by Crippen LogP contribution is 2.13. The third kappa shape index (κ3) is 1.42. The maximum absolute atomic E-state index is 10.5. The van der Waals surface area contributed by atoms with Crippen molar-refractivity contribution in [3.05, 3.63) is 45.6 Å². The minimum absolute atomic E-state index is 0.786. The molecule has 0 spiro atoms. The molecule has 1 heterocycles. The van der Waals surface area contributed by atoms with Crippen LogP contribution in [0.5, 0.6) is 0 Å². The molecule has 0 bridgehead atoms. The summed E-state index contributed by atoms with van der Waals surface area (Å²) in [6.07, 6.45) is 2.31. The number of fused-ring (bicyclic) bond motifs is 1. The molecule has 1 aromatic carbocycles. The predicted molar refractivity (Wildman–Crippen MR) is 59.9 cm³/mol. The van der Waals surface area contributed by atoms with Crippen molar-refractivity contribution < 1.29 is 4.79 Å². The van der Waals surface area contributed by atoms with Crippen molar-refractivity contribution in [2.45, 2.75) is 20.8 Å². The molecule has 0 saturated heterocycles. The third-order valence-electron chi connectivity index (χ3n) is 2.94. The van der Waals surface area contributed by atoms with E-state index in [1.165, 1.54) is 22.4 Å². The Hall–Kier alpha value is -1.70. The zero-order valence-corrected chi connectivity index (χ0v) is 9.16. The molecule has 2 nitrogen and oxygen atoms in total. The van der Waals surface area contributed by atoms with Gasteiger partial charge in [-0.05, 0) is 43.5 Å². The number of aldehydes is 1. The van der Waals surface area contributed by atoms with Gasteiger partial charge in [-0.1, -0.05) is 6.07 Å². The molecule has 0 aromatic heterocycles. The molecule has 0 fully saturated rings. The highest BCUT2D eigenvalue weighted by atomic mass is 16.1. The van der Waals surface area contributed by atoms with Crippen molar-refractivity contribution >= 4 is 11.9 Å². The van der Waals surface area contributed by atoms with E-state index in [0.29, 0.717) is 0 Å². The summed E-state index contributed by atoms with van der Waals surface area (Å²) in [5.74, 6) is 0. The molecule has 76 valence electrons. The normalized spacial score (nSPS) is 16.5. The van der Waals surface area contributed by atoms with Gasteiger partial charge >= 0.3 is 0 Å². The van der Waals surface area contributed by atoms with E-state index in [0.717, 1.165) is 22.9 Å². The van der Waals surface area contributed by atoms with E-state index in [4.69, 9.17) is 0 Å². The number of benzene rings is 1. The Balaban J connectivity index is 2.89. The van der Waals surface area contributed by atoms with Crippen LogP contribution in [-0.4, -0.2) is 6.29 Å². The molecule has 0 unspecified atom stereocenters. The van der Waals surface area contributed by atoms with Crippen LogP contribution in [0.3, 0.4) is 0 Å². The Morgan fingerprint density at radius 1 is 1.20 bits per heavy atom. The Morgan fingerprint density at radius 2 is 1.93 bits per heavy atom. The zero-order chi connectivity index (χ0) is 11.0. The highest BCUT2D eigenvalue weighted by molar-refractivity contribution is 5.76. The fraction of sp³-hybridized carbons (Fsp3) is 0.231. The summed E-state index contributed by atoms with van der Waals surface area (Å²) in [7, 11) is 0. The van der Waals surface area contributed by atoms with E-state index in [9.17, 15) is 4.79 Å². The van der Waals surface area contributed by atoms with Crippen molar-refractivity contribution in [2.24, 2.45) is 4.99 Å². The maximum atomic E-state index is 10.5. The largest absolute Gasteiger partial charge is 0.298 e. The van der Waals surface area contributed by atoms with E-state index in [-0.39, 0.29) is 0 Å². The van der Waals surface area contributed by atoms with Crippen LogP contribution >= 0.6 is 0 Å². The molecule has 0 radical (unpaired) electrons. The van der Waals surface area contributed by atoms with Gasteiger partial charge in [0.05, 0.1) is 11.1 Å². The first-order chi connectivity index (χ1) is 7.15. The van der Waals surface area contributed by atoms with Gasteiger partial charge in [0.1, 0.15) is 6.29 Å². The minimum atomic E-state index is 0.786. The second kappa shape index (κ2) is 3.46. The summed E-state index contributed by atoms with van der Waals surface area (Å²) in [4.78, 5) is 14.9. The fourth-order valence-electron chi connectivity index (χ4n) is 1.94.